The van der Waals surface area contributed by atoms with Crippen LogP contribution in [0.2, 0.25) is 0 Å². The molecule has 0 N–H and O–H groups in total. The molecular formula is C10H13ClNNaO2S. The predicted molar refractivity (Wildman–Crippen MR) is 61.5 cm³/mol. The van der Waals surface area contributed by atoms with E-state index < -0.39 is 10.0 Å². The first-order valence-electron chi connectivity index (χ1n) is 4.46. The molecule has 0 amide bonds. The Balaban J connectivity index is 0.00000225. The summed E-state index contributed by atoms with van der Waals surface area (Å²) in [7, 11) is -3.67. The molecule has 0 heterocycles. The Morgan fingerprint density at radius 1 is 1.12 bits per heavy atom. The SMILES string of the molecule is CC(C)(C)c1ccc(S(=O)(=O)[N-]Cl)cc1.[Na+]. The van der Waals surface area contributed by atoms with Gasteiger partial charge in [-0.1, -0.05) is 32.9 Å². The molecule has 3 nitrogen and oxygen atoms in total. The van der Waals surface area contributed by atoms with Crippen molar-refractivity contribution in [2.45, 2.75) is 31.1 Å². The largest absolute Gasteiger partial charge is 1.00 e. The van der Waals surface area contributed by atoms with Gasteiger partial charge in [-0.3, -0.25) is 11.8 Å². The fourth-order valence-corrected chi connectivity index (χ4v) is 1.97. The molecule has 0 aromatic heterocycles. The predicted octanol–water partition coefficient (Wildman–Crippen LogP) is 0.204. The average Bonchev–Trinajstić information content (AvgIpc) is 2.17. The molecule has 0 radical (unpaired) electrons. The van der Waals surface area contributed by atoms with Crippen LogP contribution in [-0.4, -0.2) is 8.42 Å². The summed E-state index contributed by atoms with van der Waals surface area (Å²) in [6, 6.07) is 6.58. The zero-order valence-corrected chi connectivity index (χ0v) is 13.4. The third-order valence-corrected chi connectivity index (χ3v) is 3.70. The molecule has 0 atom stereocenters. The van der Waals surface area contributed by atoms with Crippen molar-refractivity contribution in [1.29, 1.82) is 0 Å². The molecule has 16 heavy (non-hydrogen) atoms. The van der Waals surface area contributed by atoms with Gasteiger partial charge in [-0.2, -0.15) is 0 Å². The number of benzene rings is 1. The minimum Gasteiger partial charge on any atom is -0.458 e. The smallest absolute Gasteiger partial charge is 0.458 e. The van der Waals surface area contributed by atoms with Crippen molar-refractivity contribution >= 4 is 21.8 Å². The van der Waals surface area contributed by atoms with Gasteiger partial charge in [-0.05, 0) is 23.1 Å². The van der Waals surface area contributed by atoms with Gasteiger partial charge in [0.2, 0.25) is 0 Å². The zero-order valence-electron chi connectivity index (χ0n) is 9.86. The van der Waals surface area contributed by atoms with Gasteiger partial charge in [0.05, 0.1) is 0 Å². The van der Waals surface area contributed by atoms with Crippen LogP contribution in [0.15, 0.2) is 29.2 Å². The fourth-order valence-electron chi connectivity index (χ4n) is 1.17. The van der Waals surface area contributed by atoms with Crippen molar-refractivity contribution in [3.63, 3.8) is 0 Å². The summed E-state index contributed by atoms with van der Waals surface area (Å²) < 4.78 is 25.4. The van der Waals surface area contributed by atoms with Crippen molar-refractivity contribution in [1.82, 2.24) is 0 Å². The Morgan fingerprint density at radius 3 is 1.88 bits per heavy atom. The summed E-state index contributed by atoms with van der Waals surface area (Å²) in [6.07, 6.45) is 0. The Morgan fingerprint density at radius 2 is 1.56 bits per heavy atom. The first-order valence-corrected chi connectivity index (χ1v) is 6.24. The minimum atomic E-state index is -3.67. The molecule has 0 aliphatic carbocycles. The van der Waals surface area contributed by atoms with Crippen LogP contribution >= 0.6 is 11.8 Å². The van der Waals surface area contributed by atoms with Crippen LogP contribution in [0, 0.1) is 0 Å². The molecule has 0 bridgehead atoms. The van der Waals surface area contributed by atoms with Gasteiger partial charge in [0, 0.05) is 4.90 Å². The number of halogens is 1. The van der Waals surface area contributed by atoms with E-state index in [1.807, 2.05) is 0 Å². The van der Waals surface area contributed by atoms with Gasteiger partial charge < -0.3 is 4.24 Å². The van der Waals surface area contributed by atoms with Gasteiger partial charge in [0.25, 0.3) is 0 Å². The fraction of sp³-hybridized carbons (Fsp3) is 0.400. The van der Waals surface area contributed by atoms with Crippen LogP contribution in [-0.2, 0) is 15.4 Å². The van der Waals surface area contributed by atoms with E-state index in [4.69, 9.17) is 11.8 Å². The number of rotatable bonds is 2. The molecular weight excluding hydrogens is 257 g/mol. The van der Waals surface area contributed by atoms with Gasteiger partial charge in [0.1, 0.15) is 10.0 Å². The summed E-state index contributed by atoms with van der Waals surface area (Å²) >= 11 is 4.99. The second-order valence-corrected chi connectivity index (χ2v) is 6.29. The second-order valence-electron chi connectivity index (χ2n) is 4.32. The van der Waals surface area contributed by atoms with E-state index in [9.17, 15) is 8.42 Å². The van der Waals surface area contributed by atoms with Crippen LogP contribution in [0.4, 0.5) is 0 Å². The molecule has 0 aliphatic heterocycles. The molecule has 1 rings (SSSR count). The van der Waals surface area contributed by atoms with Crippen LogP contribution < -0.4 is 29.6 Å². The van der Waals surface area contributed by atoms with Crippen molar-refractivity contribution < 1.29 is 38.0 Å². The number of hydrogen-bond donors (Lipinski definition) is 0. The molecule has 0 unspecified atom stereocenters. The molecule has 6 heteroatoms. The molecule has 84 valence electrons. The van der Waals surface area contributed by atoms with Crippen LogP contribution in [0.1, 0.15) is 26.3 Å². The van der Waals surface area contributed by atoms with Gasteiger partial charge in [0.15, 0.2) is 0 Å². The molecule has 1 aromatic carbocycles. The van der Waals surface area contributed by atoms with E-state index in [1.54, 1.807) is 12.1 Å². The van der Waals surface area contributed by atoms with Gasteiger partial charge in [-0.15, -0.1) is 0 Å². The summed E-state index contributed by atoms with van der Waals surface area (Å²) in [6.45, 7) is 6.17. The van der Waals surface area contributed by atoms with Crippen LogP contribution in [0.3, 0.4) is 0 Å². The molecule has 0 saturated carbocycles. The Labute approximate surface area is 124 Å². The standard InChI is InChI=1S/C10H13ClNO2S.Na/c1-10(2,3)8-4-6-9(7-5-8)15(13,14)12-11;/h4-7H,1-3H3;/q-1;+1. The number of nitrogens with zero attached hydrogens (tertiary/aromatic N) is 1. The van der Waals surface area contributed by atoms with E-state index >= 15 is 0 Å². The third kappa shape index (κ3) is 4.02. The summed E-state index contributed by atoms with van der Waals surface area (Å²) in [4.78, 5) is 0.116. The van der Waals surface area contributed by atoms with Crippen molar-refractivity contribution in [3.8, 4) is 0 Å². The van der Waals surface area contributed by atoms with E-state index in [0.29, 0.717) is 0 Å². The van der Waals surface area contributed by atoms with Crippen molar-refractivity contribution in [2.75, 3.05) is 0 Å². The second kappa shape index (κ2) is 5.85. The Hall–Kier alpha value is 0.420. The van der Waals surface area contributed by atoms with Crippen LogP contribution in [0.25, 0.3) is 4.24 Å². The van der Waals surface area contributed by atoms with E-state index in [1.165, 1.54) is 12.1 Å². The maximum absolute atomic E-state index is 11.3. The molecule has 0 aliphatic rings. The molecule has 1 aromatic rings. The maximum atomic E-state index is 11.3. The van der Waals surface area contributed by atoms with Crippen LogP contribution in [0.5, 0.6) is 0 Å². The molecule has 0 saturated heterocycles. The first kappa shape index (κ1) is 16.4. The van der Waals surface area contributed by atoms with Gasteiger partial charge in [-0.25, -0.2) is 8.42 Å². The monoisotopic (exact) mass is 269 g/mol. The maximum Gasteiger partial charge on any atom is 1.00 e. The first-order chi connectivity index (χ1) is 6.77. The molecule has 0 spiro atoms. The number of hydrogen-bond acceptors (Lipinski definition) is 2. The third-order valence-electron chi connectivity index (χ3n) is 2.11. The summed E-state index contributed by atoms with van der Waals surface area (Å²) in [5.74, 6) is 0. The minimum absolute atomic E-state index is 0. The Kier molecular flexibility index (Phi) is 6.00. The summed E-state index contributed by atoms with van der Waals surface area (Å²) in [5, 5.41) is 0. The average molecular weight is 270 g/mol. The zero-order chi connectivity index (χ0) is 11.7. The quantitative estimate of drug-likeness (QED) is 0.721. The Bertz CT molecular complexity index is 437. The van der Waals surface area contributed by atoms with E-state index in [-0.39, 0.29) is 39.9 Å². The van der Waals surface area contributed by atoms with Gasteiger partial charge >= 0.3 is 29.6 Å². The van der Waals surface area contributed by atoms with Crippen molar-refractivity contribution in [2.24, 2.45) is 0 Å². The van der Waals surface area contributed by atoms with E-state index in [2.05, 4.69) is 25.0 Å². The molecule has 0 fully saturated rings. The normalized spacial score (nSPS) is 12.0. The summed E-state index contributed by atoms with van der Waals surface area (Å²) in [5.41, 5.74) is 1.07. The van der Waals surface area contributed by atoms with E-state index in [0.717, 1.165) is 5.56 Å². The van der Waals surface area contributed by atoms with Crippen molar-refractivity contribution in [3.05, 3.63) is 34.1 Å². The topological polar surface area (TPSA) is 48.2 Å². The number of sulfonamides is 1.